The molecule has 0 fully saturated rings. The van der Waals surface area contributed by atoms with E-state index in [0.29, 0.717) is 6.04 Å². The second-order valence-electron chi connectivity index (χ2n) is 4.44. The summed E-state index contributed by atoms with van der Waals surface area (Å²) in [7, 11) is 3.40. The molecule has 4 nitrogen and oxygen atoms in total. The van der Waals surface area contributed by atoms with Gasteiger partial charge in [0.2, 0.25) is 0 Å². The second-order valence-corrected chi connectivity index (χ2v) is 4.44. The van der Waals surface area contributed by atoms with E-state index in [1.54, 1.807) is 14.2 Å². The Morgan fingerprint density at radius 3 is 2.61 bits per heavy atom. The van der Waals surface area contributed by atoms with E-state index in [0.717, 1.165) is 36.7 Å². The minimum atomic E-state index is 0.377. The molecule has 0 saturated carbocycles. The summed E-state index contributed by atoms with van der Waals surface area (Å²) >= 11 is 0. The Balaban J connectivity index is 2.81. The maximum absolute atomic E-state index is 5.76. The summed E-state index contributed by atoms with van der Waals surface area (Å²) in [5.74, 6) is 0.845. The first kappa shape index (κ1) is 14.8. The predicted molar refractivity (Wildman–Crippen MR) is 74.8 cm³/mol. The molecule has 1 rings (SSSR count). The molecule has 4 heteroatoms. The van der Waals surface area contributed by atoms with E-state index in [1.807, 2.05) is 18.2 Å². The zero-order valence-electron chi connectivity index (χ0n) is 11.8. The number of hydrogen-bond donors (Lipinski definition) is 1. The summed E-state index contributed by atoms with van der Waals surface area (Å²) in [5, 5.41) is 0. The smallest absolute Gasteiger partial charge is 0.125 e. The van der Waals surface area contributed by atoms with Crippen molar-refractivity contribution in [2.45, 2.75) is 26.4 Å². The van der Waals surface area contributed by atoms with Crippen LogP contribution in [0.4, 0.5) is 5.69 Å². The minimum absolute atomic E-state index is 0.377. The summed E-state index contributed by atoms with van der Waals surface area (Å²) in [5.41, 5.74) is 7.64. The van der Waals surface area contributed by atoms with Gasteiger partial charge in [-0.05, 0) is 19.5 Å². The number of nitrogens with zero attached hydrogens (tertiary/aromatic N) is 1. The molecule has 1 unspecified atom stereocenters. The highest BCUT2D eigenvalue weighted by Crippen LogP contribution is 2.23. The topological polar surface area (TPSA) is 47.7 Å². The van der Waals surface area contributed by atoms with Crippen molar-refractivity contribution in [2.75, 3.05) is 33.1 Å². The zero-order chi connectivity index (χ0) is 13.5. The van der Waals surface area contributed by atoms with E-state index in [-0.39, 0.29) is 0 Å². The fourth-order valence-electron chi connectivity index (χ4n) is 2.04. The Morgan fingerprint density at radius 2 is 2.06 bits per heavy atom. The van der Waals surface area contributed by atoms with Crippen molar-refractivity contribution in [3.63, 3.8) is 0 Å². The fraction of sp³-hybridized carbons (Fsp3) is 0.571. The molecule has 102 valence electrons. The predicted octanol–water partition coefficient (Wildman–Crippen LogP) is 2.13. The average Bonchev–Trinajstić information content (AvgIpc) is 2.37. The van der Waals surface area contributed by atoms with E-state index in [1.165, 1.54) is 0 Å². The summed E-state index contributed by atoms with van der Waals surface area (Å²) in [4.78, 5) is 2.34. The van der Waals surface area contributed by atoms with Gasteiger partial charge in [0.25, 0.3) is 0 Å². The molecular formula is C14H24N2O2. The average molecular weight is 252 g/mol. The standard InChI is InChI=1S/C14H24N2O2/c1-5-16(11(2)10-17-3)9-12-6-7-13(15)8-14(12)18-4/h6-8,11H,5,9-10,15H2,1-4H3. The Labute approximate surface area is 110 Å². The largest absolute Gasteiger partial charge is 0.496 e. The third-order valence-corrected chi connectivity index (χ3v) is 3.12. The van der Waals surface area contributed by atoms with Gasteiger partial charge in [-0.3, -0.25) is 4.90 Å². The molecule has 0 amide bonds. The van der Waals surface area contributed by atoms with Crippen molar-refractivity contribution >= 4 is 5.69 Å². The number of ether oxygens (including phenoxy) is 2. The van der Waals surface area contributed by atoms with Gasteiger partial charge >= 0.3 is 0 Å². The van der Waals surface area contributed by atoms with Crippen LogP contribution in [-0.4, -0.2) is 38.3 Å². The molecule has 0 spiro atoms. The number of nitrogen functional groups attached to an aromatic ring is 1. The highest BCUT2D eigenvalue weighted by atomic mass is 16.5. The molecule has 0 aliphatic rings. The zero-order valence-corrected chi connectivity index (χ0v) is 11.8. The first-order chi connectivity index (χ1) is 8.62. The van der Waals surface area contributed by atoms with Crippen LogP contribution < -0.4 is 10.5 Å². The van der Waals surface area contributed by atoms with Gasteiger partial charge in [0.15, 0.2) is 0 Å². The van der Waals surface area contributed by atoms with Crippen LogP contribution in [0.3, 0.4) is 0 Å². The molecule has 0 aromatic heterocycles. The highest BCUT2D eigenvalue weighted by molar-refractivity contribution is 5.48. The Kier molecular flexibility index (Phi) is 5.95. The third-order valence-electron chi connectivity index (χ3n) is 3.12. The number of nitrogens with two attached hydrogens (primary N) is 1. The molecular weight excluding hydrogens is 228 g/mol. The van der Waals surface area contributed by atoms with E-state index >= 15 is 0 Å². The van der Waals surface area contributed by atoms with Crippen LogP contribution in [0.2, 0.25) is 0 Å². The molecule has 2 N–H and O–H groups in total. The number of hydrogen-bond acceptors (Lipinski definition) is 4. The molecule has 0 heterocycles. The Morgan fingerprint density at radius 1 is 1.33 bits per heavy atom. The Bertz CT molecular complexity index is 369. The van der Waals surface area contributed by atoms with Gasteiger partial charge in [-0.15, -0.1) is 0 Å². The lowest BCUT2D eigenvalue weighted by Crippen LogP contribution is -2.35. The molecule has 0 bridgehead atoms. The SMILES string of the molecule is CCN(Cc1ccc(N)cc1OC)C(C)COC. The van der Waals surface area contributed by atoms with Crippen LogP contribution in [0.1, 0.15) is 19.4 Å². The molecule has 0 saturated heterocycles. The van der Waals surface area contributed by atoms with Gasteiger partial charge in [0.05, 0.1) is 13.7 Å². The van der Waals surface area contributed by atoms with Gasteiger partial charge in [-0.1, -0.05) is 13.0 Å². The van der Waals surface area contributed by atoms with Gasteiger partial charge in [-0.2, -0.15) is 0 Å². The van der Waals surface area contributed by atoms with Gasteiger partial charge < -0.3 is 15.2 Å². The molecule has 0 aliphatic carbocycles. The lowest BCUT2D eigenvalue weighted by molar-refractivity contribution is 0.0976. The quantitative estimate of drug-likeness (QED) is 0.755. The summed E-state index contributed by atoms with van der Waals surface area (Å²) in [6.07, 6.45) is 0. The molecule has 18 heavy (non-hydrogen) atoms. The fourth-order valence-corrected chi connectivity index (χ4v) is 2.04. The summed E-state index contributed by atoms with van der Waals surface area (Å²) in [6, 6.07) is 6.18. The van der Waals surface area contributed by atoms with Crippen LogP contribution in [0, 0.1) is 0 Å². The van der Waals surface area contributed by atoms with Crippen molar-refractivity contribution in [3.8, 4) is 5.75 Å². The van der Waals surface area contributed by atoms with Crippen molar-refractivity contribution < 1.29 is 9.47 Å². The molecule has 0 radical (unpaired) electrons. The van der Waals surface area contributed by atoms with E-state index in [4.69, 9.17) is 15.2 Å². The van der Waals surface area contributed by atoms with Crippen LogP contribution in [0.15, 0.2) is 18.2 Å². The van der Waals surface area contributed by atoms with Crippen LogP contribution in [0.5, 0.6) is 5.75 Å². The first-order valence-electron chi connectivity index (χ1n) is 6.27. The van der Waals surface area contributed by atoms with Crippen LogP contribution >= 0.6 is 0 Å². The molecule has 1 atom stereocenters. The number of rotatable bonds is 7. The van der Waals surface area contributed by atoms with Gasteiger partial charge in [0.1, 0.15) is 5.75 Å². The Hall–Kier alpha value is -1.26. The van der Waals surface area contributed by atoms with E-state index in [2.05, 4.69) is 18.7 Å². The maximum atomic E-state index is 5.76. The monoisotopic (exact) mass is 252 g/mol. The summed E-state index contributed by atoms with van der Waals surface area (Å²) < 4.78 is 10.6. The number of anilines is 1. The second kappa shape index (κ2) is 7.24. The van der Waals surface area contributed by atoms with Crippen molar-refractivity contribution in [3.05, 3.63) is 23.8 Å². The number of benzene rings is 1. The van der Waals surface area contributed by atoms with Gasteiger partial charge in [-0.25, -0.2) is 0 Å². The lowest BCUT2D eigenvalue weighted by atomic mass is 10.1. The van der Waals surface area contributed by atoms with Crippen molar-refractivity contribution in [1.82, 2.24) is 4.90 Å². The van der Waals surface area contributed by atoms with Gasteiger partial charge in [0, 0.05) is 37.0 Å². The molecule has 1 aromatic rings. The minimum Gasteiger partial charge on any atom is -0.496 e. The van der Waals surface area contributed by atoms with Crippen LogP contribution in [0.25, 0.3) is 0 Å². The first-order valence-corrected chi connectivity index (χ1v) is 6.27. The summed E-state index contributed by atoms with van der Waals surface area (Å²) in [6.45, 7) is 6.85. The maximum Gasteiger partial charge on any atom is 0.125 e. The lowest BCUT2D eigenvalue weighted by Gasteiger charge is -2.28. The van der Waals surface area contributed by atoms with Crippen molar-refractivity contribution in [2.24, 2.45) is 0 Å². The number of likely N-dealkylation sites (N-methyl/N-ethyl adjacent to an activating group) is 1. The number of methoxy groups -OCH3 is 2. The molecule has 0 aliphatic heterocycles. The van der Waals surface area contributed by atoms with Crippen LogP contribution in [-0.2, 0) is 11.3 Å². The normalized spacial score (nSPS) is 12.7. The van der Waals surface area contributed by atoms with E-state index < -0.39 is 0 Å². The molecule has 1 aromatic carbocycles. The van der Waals surface area contributed by atoms with Crippen molar-refractivity contribution in [1.29, 1.82) is 0 Å². The third kappa shape index (κ3) is 3.89. The highest BCUT2D eigenvalue weighted by Gasteiger charge is 2.14. The van der Waals surface area contributed by atoms with E-state index in [9.17, 15) is 0 Å².